The highest BCUT2D eigenvalue weighted by atomic mass is 16.2. The predicted molar refractivity (Wildman–Crippen MR) is 84.2 cm³/mol. The second kappa shape index (κ2) is 5.15. The first kappa shape index (κ1) is 12.8. The Kier molecular flexibility index (Phi) is 3.15. The summed E-state index contributed by atoms with van der Waals surface area (Å²) < 4.78 is 0. The van der Waals surface area contributed by atoms with E-state index < -0.39 is 0 Å². The maximum Gasteiger partial charge on any atom is 0.224 e. The van der Waals surface area contributed by atoms with Gasteiger partial charge in [-0.05, 0) is 35.7 Å². The maximum absolute atomic E-state index is 12.1. The number of carbonyl (C=O) groups is 1. The van der Waals surface area contributed by atoms with E-state index >= 15 is 0 Å². The van der Waals surface area contributed by atoms with E-state index in [9.17, 15) is 4.79 Å². The molecule has 2 saturated heterocycles. The van der Waals surface area contributed by atoms with Crippen LogP contribution in [0.1, 0.15) is 18.4 Å². The van der Waals surface area contributed by atoms with Gasteiger partial charge in [0.15, 0.2) is 0 Å². The summed E-state index contributed by atoms with van der Waals surface area (Å²) in [6.07, 6.45) is 2.73. The van der Waals surface area contributed by atoms with Gasteiger partial charge in [0.25, 0.3) is 0 Å². The van der Waals surface area contributed by atoms with Crippen LogP contribution in [0.4, 0.5) is 0 Å². The fraction of sp³-hybridized carbons (Fsp3) is 0.389. The largest absolute Gasteiger partial charge is 0.338 e. The highest BCUT2D eigenvalue weighted by Gasteiger charge is 2.41. The van der Waals surface area contributed by atoms with Crippen molar-refractivity contribution < 1.29 is 4.79 Å². The van der Waals surface area contributed by atoms with E-state index in [-0.39, 0.29) is 0 Å². The summed E-state index contributed by atoms with van der Waals surface area (Å²) in [5, 5.41) is 6.00. The topological polar surface area (TPSA) is 32.3 Å². The van der Waals surface area contributed by atoms with Crippen LogP contribution in [-0.4, -0.2) is 36.0 Å². The molecule has 2 fully saturated rings. The van der Waals surface area contributed by atoms with Crippen molar-refractivity contribution in [2.45, 2.75) is 31.3 Å². The Labute approximate surface area is 124 Å². The molecular weight excluding hydrogens is 260 g/mol. The van der Waals surface area contributed by atoms with Gasteiger partial charge in [-0.25, -0.2) is 0 Å². The lowest BCUT2D eigenvalue weighted by Crippen LogP contribution is -2.37. The summed E-state index contributed by atoms with van der Waals surface area (Å²) in [7, 11) is 0. The Morgan fingerprint density at radius 2 is 2.00 bits per heavy atom. The van der Waals surface area contributed by atoms with E-state index in [4.69, 9.17) is 0 Å². The molecule has 0 saturated carbocycles. The van der Waals surface area contributed by atoms with Crippen LogP contribution in [0.5, 0.6) is 0 Å². The number of amides is 1. The molecule has 1 amide bonds. The van der Waals surface area contributed by atoms with Crippen molar-refractivity contribution in [2.75, 3.05) is 13.1 Å². The summed E-state index contributed by atoms with van der Waals surface area (Å²) in [5.74, 6) is 0.318. The van der Waals surface area contributed by atoms with E-state index in [0.717, 1.165) is 25.9 Å². The molecule has 0 radical (unpaired) electrons. The Morgan fingerprint density at radius 3 is 2.90 bits per heavy atom. The van der Waals surface area contributed by atoms with Crippen molar-refractivity contribution in [2.24, 2.45) is 0 Å². The number of nitrogens with zero attached hydrogens (tertiary/aromatic N) is 1. The van der Waals surface area contributed by atoms with Gasteiger partial charge in [-0.3, -0.25) is 4.79 Å². The second-order valence-corrected chi connectivity index (χ2v) is 6.14. The van der Waals surface area contributed by atoms with Crippen molar-refractivity contribution in [3.8, 4) is 0 Å². The summed E-state index contributed by atoms with van der Waals surface area (Å²) in [4.78, 5) is 14.2. The van der Waals surface area contributed by atoms with E-state index in [1.54, 1.807) is 0 Å². The first-order valence-electron chi connectivity index (χ1n) is 7.82. The SMILES string of the molecule is O=C1C[C@H]2NCC[C@H]2N1CCc1ccc2ccccc2c1. The monoisotopic (exact) mass is 280 g/mol. The van der Waals surface area contributed by atoms with E-state index in [0.29, 0.717) is 24.4 Å². The van der Waals surface area contributed by atoms with Gasteiger partial charge >= 0.3 is 0 Å². The van der Waals surface area contributed by atoms with Crippen LogP contribution >= 0.6 is 0 Å². The minimum Gasteiger partial charge on any atom is -0.338 e. The molecule has 2 atom stereocenters. The number of benzene rings is 2. The Hall–Kier alpha value is -1.87. The summed E-state index contributed by atoms with van der Waals surface area (Å²) in [5.41, 5.74) is 1.32. The van der Waals surface area contributed by atoms with Crippen molar-refractivity contribution in [3.05, 3.63) is 48.0 Å². The lowest BCUT2D eigenvalue weighted by molar-refractivity contribution is -0.129. The maximum atomic E-state index is 12.1. The summed E-state index contributed by atoms with van der Waals surface area (Å²) in [6, 6.07) is 15.9. The molecule has 2 aromatic rings. The standard InChI is InChI=1S/C18H20N2O/c21-18-12-16-17(7-9-19-16)20(18)10-8-13-5-6-14-3-1-2-4-15(14)11-13/h1-6,11,16-17,19H,7-10,12H2/t16-,17-/m1/s1. The first-order valence-corrected chi connectivity index (χ1v) is 7.82. The molecule has 4 rings (SSSR count). The Bertz CT molecular complexity index is 682. The number of fused-ring (bicyclic) bond motifs is 2. The third kappa shape index (κ3) is 2.32. The molecule has 0 unspecified atom stereocenters. The fourth-order valence-electron chi connectivity index (χ4n) is 3.76. The molecule has 3 nitrogen and oxygen atoms in total. The number of hydrogen-bond acceptors (Lipinski definition) is 2. The van der Waals surface area contributed by atoms with Crippen LogP contribution < -0.4 is 5.32 Å². The second-order valence-electron chi connectivity index (χ2n) is 6.14. The minimum atomic E-state index is 0.318. The Balaban J connectivity index is 1.49. The molecule has 0 spiro atoms. The quantitative estimate of drug-likeness (QED) is 0.936. The highest BCUT2D eigenvalue weighted by molar-refractivity contribution is 5.83. The molecule has 1 N–H and O–H groups in total. The number of rotatable bonds is 3. The van der Waals surface area contributed by atoms with E-state index in [1.807, 2.05) is 0 Å². The molecule has 21 heavy (non-hydrogen) atoms. The van der Waals surface area contributed by atoms with Crippen LogP contribution in [0.3, 0.4) is 0 Å². The zero-order chi connectivity index (χ0) is 14.2. The molecule has 3 heteroatoms. The fourth-order valence-corrected chi connectivity index (χ4v) is 3.76. The summed E-state index contributed by atoms with van der Waals surface area (Å²) in [6.45, 7) is 1.90. The van der Waals surface area contributed by atoms with E-state index in [2.05, 4.69) is 52.7 Å². The summed E-state index contributed by atoms with van der Waals surface area (Å²) >= 11 is 0. The van der Waals surface area contributed by atoms with Gasteiger partial charge in [0.1, 0.15) is 0 Å². The lowest BCUT2D eigenvalue weighted by Gasteiger charge is -2.23. The zero-order valence-electron chi connectivity index (χ0n) is 12.1. The van der Waals surface area contributed by atoms with Gasteiger partial charge in [-0.1, -0.05) is 42.5 Å². The Morgan fingerprint density at radius 1 is 1.14 bits per heavy atom. The minimum absolute atomic E-state index is 0.318. The van der Waals surface area contributed by atoms with E-state index in [1.165, 1.54) is 16.3 Å². The van der Waals surface area contributed by atoms with Gasteiger partial charge in [0.2, 0.25) is 5.91 Å². The predicted octanol–water partition coefficient (Wildman–Crippen LogP) is 2.35. The number of carbonyl (C=O) groups excluding carboxylic acids is 1. The smallest absolute Gasteiger partial charge is 0.224 e. The van der Waals surface area contributed by atoms with Crippen molar-refractivity contribution >= 4 is 16.7 Å². The van der Waals surface area contributed by atoms with Gasteiger partial charge in [-0.2, -0.15) is 0 Å². The van der Waals surface area contributed by atoms with Crippen molar-refractivity contribution in [1.82, 2.24) is 10.2 Å². The van der Waals surface area contributed by atoms with Gasteiger partial charge < -0.3 is 10.2 Å². The van der Waals surface area contributed by atoms with Crippen LogP contribution in [0.2, 0.25) is 0 Å². The van der Waals surface area contributed by atoms with Gasteiger partial charge in [-0.15, -0.1) is 0 Å². The van der Waals surface area contributed by atoms with Crippen LogP contribution in [0.25, 0.3) is 10.8 Å². The van der Waals surface area contributed by atoms with Gasteiger partial charge in [0.05, 0.1) is 0 Å². The third-order valence-electron chi connectivity index (χ3n) is 4.88. The molecule has 2 aliphatic heterocycles. The molecule has 2 aromatic carbocycles. The van der Waals surface area contributed by atoms with Crippen molar-refractivity contribution in [1.29, 1.82) is 0 Å². The van der Waals surface area contributed by atoms with Crippen LogP contribution in [-0.2, 0) is 11.2 Å². The molecule has 2 heterocycles. The third-order valence-corrected chi connectivity index (χ3v) is 4.88. The highest BCUT2D eigenvalue weighted by Crippen LogP contribution is 2.26. The van der Waals surface area contributed by atoms with Crippen LogP contribution in [0, 0.1) is 0 Å². The molecule has 2 aliphatic rings. The molecular formula is C18H20N2O. The average Bonchev–Trinajstić information content (AvgIpc) is 3.06. The number of nitrogens with one attached hydrogen (secondary N) is 1. The average molecular weight is 280 g/mol. The molecule has 108 valence electrons. The van der Waals surface area contributed by atoms with Crippen molar-refractivity contribution in [3.63, 3.8) is 0 Å². The molecule has 0 aromatic heterocycles. The normalized spacial score (nSPS) is 24.8. The number of hydrogen-bond donors (Lipinski definition) is 1. The number of likely N-dealkylation sites (tertiary alicyclic amines) is 1. The molecule has 0 aliphatic carbocycles. The lowest BCUT2D eigenvalue weighted by atomic mass is 10.0. The van der Waals surface area contributed by atoms with Crippen LogP contribution in [0.15, 0.2) is 42.5 Å². The first-order chi connectivity index (χ1) is 10.3. The van der Waals surface area contributed by atoms with Gasteiger partial charge in [0, 0.05) is 25.0 Å². The molecule has 0 bridgehead atoms. The zero-order valence-corrected chi connectivity index (χ0v) is 12.1.